The highest BCUT2D eigenvalue weighted by Gasteiger charge is 2.12. The van der Waals surface area contributed by atoms with Gasteiger partial charge in [-0.25, -0.2) is 0 Å². The number of thioether (sulfide) groups is 1. The van der Waals surface area contributed by atoms with Gasteiger partial charge in [-0.05, 0) is 30.1 Å². The van der Waals surface area contributed by atoms with Crippen molar-refractivity contribution in [3.05, 3.63) is 28.8 Å². The van der Waals surface area contributed by atoms with E-state index < -0.39 is 0 Å². The van der Waals surface area contributed by atoms with Crippen LogP contribution in [-0.2, 0) is 0 Å². The second kappa shape index (κ2) is 6.77. The van der Waals surface area contributed by atoms with Crippen LogP contribution in [0.1, 0.15) is 17.3 Å². The van der Waals surface area contributed by atoms with Crippen molar-refractivity contribution in [3.63, 3.8) is 0 Å². The molecule has 0 spiro atoms. The number of benzene rings is 1. The van der Waals surface area contributed by atoms with Crippen LogP contribution >= 0.6 is 23.4 Å². The summed E-state index contributed by atoms with van der Waals surface area (Å²) in [6, 6.07) is 5.07. The molecule has 3 nitrogen and oxygen atoms in total. The van der Waals surface area contributed by atoms with Gasteiger partial charge in [0.15, 0.2) is 0 Å². The Morgan fingerprint density at radius 1 is 1.59 bits per heavy atom. The summed E-state index contributed by atoms with van der Waals surface area (Å²) in [7, 11) is 0. The lowest BCUT2D eigenvalue weighted by Crippen LogP contribution is -2.29. The number of amides is 1. The van der Waals surface area contributed by atoms with E-state index >= 15 is 0 Å². The first-order chi connectivity index (χ1) is 8.06. The number of rotatable bonds is 5. The number of nitrogen functional groups attached to an aromatic ring is 1. The van der Waals surface area contributed by atoms with Crippen molar-refractivity contribution in [1.29, 1.82) is 0 Å². The highest BCUT2D eigenvalue weighted by molar-refractivity contribution is 7.98. The molecule has 0 aliphatic carbocycles. The summed E-state index contributed by atoms with van der Waals surface area (Å²) in [6.45, 7) is 2.74. The third-order valence-electron chi connectivity index (χ3n) is 2.34. The second-order valence-electron chi connectivity index (χ2n) is 3.98. The predicted molar refractivity (Wildman–Crippen MR) is 75.7 cm³/mol. The topological polar surface area (TPSA) is 55.1 Å². The molecule has 0 aliphatic rings. The quantitative estimate of drug-likeness (QED) is 0.811. The SMILES string of the molecule is CSCC(C)CNC(=O)c1cccc(N)c1Cl. The van der Waals surface area contributed by atoms with E-state index in [9.17, 15) is 4.79 Å². The molecule has 0 aliphatic heterocycles. The number of anilines is 1. The van der Waals surface area contributed by atoms with E-state index in [-0.39, 0.29) is 5.91 Å². The fraction of sp³-hybridized carbons (Fsp3) is 0.417. The molecule has 0 fully saturated rings. The molecule has 0 bridgehead atoms. The van der Waals surface area contributed by atoms with Crippen LogP contribution < -0.4 is 11.1 Å². The molecule has 1 unspecified atom stereocenters. The highest BCUT2D eigenvalue weighted by atomic mass is 35.5. The fourth-order valence-electron chi connectivity index (χ4n) is 1.43. The van der Waals surface area contributed by atoms with Crippen molar-refractivity contribution in [2.45, 2.75) is 6.92 Å². The molecule has 0 saturated heterocycles. The van der Waals surface area contributed by atoms with Crippen molar-refractivity contribution in [1.82, 2.24) is 5.32 Å². The van der Waals surface area contributed by atoms with Gasteiger partial charge in [-0.2, -0.15) is 11.8 Å². The fourth-order valence-corrected chi connectivity index (χ4v) is 2.33. The molecule has 1 aromatic rings. The van der Waals surface area contributed by atoms with E-state index in [1.807, 2.05) is 6.26 Å². The minimum absolute atomic E-state index is 0.171. The Balaban J connectivity index is 2.61. The molecular weight excluding hydrogens is 256 g/mol. The van der Waals surface area contributed by atoms with Gasteiger partial charge in [-0.3, -0.25) is 4.79 Å². The maximum Gasteiger partial charge on any atom is 0.252 e. The molecule has 0 radical (unpaired) electrons. The summed E-state index contributed by atoms with van der Waals surface area (Å²) in [5.74, 6) is 1.29. The highest BCUT2D eigenvalue weighted by Crippen LogP contribution is 2.22. The number of carbonyl (C=O) groups is 1. The number of nitrogens with two attached hydrogens (primary N) is 1. The van der Waals surface area contributed by atoms with Gasteiger partial charge >= 0.3 is 0 Å². The van der Waals surface area contributed by atoms with Gasteiger partial charge < -0.3 is 11.1 Å². The van der Waals surface area contributed by atoms with Crippen molar-refractivity contribution < 1.29 is 4.79 Å². The molecule has 1 atom stereocenters. The van der Waals surface area contributed by atoms with E-state index in [2.05, 4.69) is 12.2 Å². The minimum atomic E-state index is -0.171. The first-order valence-corrected chi connectivity index (χ1v) is 7.14. The Morgan fingerprint density at radius 2 is 2.29 bits per heavy atom. The molecule has 17 heavy (non-hydrogen) atoms. The molecule has 94 valence electrons. The second-order valence-corrected chi connectivity index (χ2v) is 5.27. The Bertz CT molecular complexity index is 398. The van der Waals surface area contributed by atoms with Crippen LogP contribution in [0.2, 0.25) is 5.02 Å². The monoisotopic (exact) mass is 272 g/mol. The summed E-state index contributed by atoms with van der Waals surface area (Å²) in [5.41, 5.74) is 6.51. The van der Waals surface area contributed by atoms with E-state index in [0.29, 0.717) is 28.7 Å². The molecule has 0 heterocycles. The summed E-state index contributed by atoms with van der Waals surface area (Å²) < 4.78 is 0. The molecule has 3 N–H and O–H groups in total. The van der Waals surface area contributed by atoms with E-state index in [1.165, 1.54) is 0 Å². The summed E-state index contributed by atoms with van der Waals surface area (Å²) in [4.78, 5) is 11.9. The van der Waals surface area contributed by atoms with Crippen molar-refractivity contribution in [3.8, 4) is 0 Å². The number of nitrogens with one attached hydrogen (secondary N) is 1. The Labute approximate surface area is 111 Å². The van der Waals surface area contributed by atoms with Crippen molar-refractivity contribution >= 4 is 35.0 Å². The maximum atomic E-state index is 11.9. The van der Waals surface area contributed by atoms with Crippen LogP contribution in [0, 0.1) is 5.92 Å². The van der Waals surface area contributed by atoms with Gasteiger partial charge in [0.25, 0.3) is 5.91 Å². The molecule has 5 heteroatoms. The van der Waals surface area contributed by atoms with Crippen LogP contribution in [0.4, 0.5) is 5.69 Å². The standard InChI is InChI=1S/C12H17ClN2OS/c1-8(7-17-2)6-15-12(16)9-4-3-5-10(14)11(9)13/h3-5,8H,6-7,14H2,1-2H3,(H,15,16). The Kier molecular flexibility index (Phi) is 5.65. The largest absolute Gasteiger partial charge is 0.398 e. The van der Waals surface area contributed by atoms with E-state index in [4.69, 9.17) is 17.3 Å². The first kappa shape index (κ1) is 14.2. The lowest BCUT2D eigenvalue weighted by molar-refractivity contribution is 0.0949. The first-order valence-electron chi connectivity index (χ1n) is 5.37. The van der Waals surface area contributed by atoms with Crippen LogP contribution in [0.5, 0.6) is 0 Å². The zero-order valence-corrected chi connectivity index (χ0v) is 11.6. The summed E-state index contributed by atoms with van der Waals surface area (Å²) in [5, 5.41) is 3.18. The third-order valence-corrected chi connectivity index (χ3v) is 3.66. The van der Waals surface area contributed by atoms with Gasteiger partial charge in [0.2, 0.25) is 0 Å². The lowest BCUT2D eigenvalue weighted by Gasteiger charge is -2.12. The molecule has 1 amide bonds. The number of hydrogen-bond acceptors (Lipinski definition) is 3. The number of halogens is 1. The normalized spacial score (nSPS) is 12.2. The predicted octanol–water partition coefficient (Wildman–Crippen LogP) is 2.65. The molecule has 1 rings (SSSR count). The van der Waals surface area contributed by atoms with Crippen LogP contribution in [0.25, 0.3) is 0 Å². The van der Waals surface area contributed by atoms with Gasteiger partial charge in [0, 0.05) is 6.54 Å². The Morgan fingerprint density at radius 3 is 2.94 bits per heavy atom. The summed E-state index contributed by atoms with van der Waals surface area (Å²) in [6.07, 6.45) is 2.05. The average Bonchev–Trinajstić information content (AvgIpc) is 2.30. The van der Waals surface area contributed by atoms with Crippen molar-refractivity contribution in [2.24, 2.45) is 5.92 Å². The average molecular weight is 273 g/mol. The molecule has 0 saturated carbocycles. The zero-order chi connectivity index (χ0) is 12.8. The van der Waals surface area contributed by atoms with Gasteiger partial charge in [-0.15, -0.1) is 0 Å². The van der Waals surface area contributed by atoms with Crippen LogP contribution in [-0.4, -0.2) is 24.5 Å². The van der Waals surface area contributed by atoms with E-state index in [1.54, 1.807) is 30.0 Å². The maximum absolute atomic E-state index is 11.9. The minimum Gasteiger partial charge on any atom is -0.398 e. The van der Waals surface area contributed by atoms with Crippen molar-refractivity contribution in [2.75, 3.05) is 24.3 Å². The molecular formula is C12H17ClN2OS. The zero-order valence-electron chi connectivity index (χ0n) is 10.00. The van der Waals surface area contributed by atoms with Crippen LogP contribution in [0.3, 0.4) is 0 Å². The molecule has 1 aromatic carbocycles. The van der Waals surface area contributed by atoms with Gasteiger partial charge in [-0.1, -0.05) is 24.6 Å². The van der Waals surface area contributed by atoms with E-state index in [0.717, 1.165) is 5.75 Å². The smallest absolute Gasteiger partial charge is 0.252 e. The number of hydrogen-bond donors (Lipinski definition) is 2. The van der Waals surface area contributed by atoms with Crippen LogP contribution in [0.15, 0.2) is 18.2 Å². The summed E-state index contributed by atoms with van der Waals surface area (Å²) >= 11 is 7.74. The Hall–Kier alpha value is -0.870. The third kappa shape index (κ3) is 4.13. The lowest BCUT2D eigenvalue weighted by atomic mass is 10.1. The van der Waals surface area contributed by atoms with Gasteiger partial charge in [0.1, 0.15) is 0 Å². The van der Waals surface area contributed by atoms with Gasteiger partial charge in [0.05, 0.1) is 16.3 Å². The molecule has 0 aromatic heterocycles. The number of carbonyl (C=O) groups excluding carboxylic acids is 1.